The molecule has 2 aromatic heterocycles. The first-order valence-corrected chi connectivity index (χ1v) is 7.28. The Bertz CT molecular complexity index is 652. The molecule has 96 valence electrons. The zero-order valence-corrected chi connectivity index (χ0v) is 11.2. The van der Waals surface area contributed by atoms with Crippen LogP contribution in [0.15, 0.2) is 44.7 Å². The first kappa shape index (κ1) is 12.3. The van der Waals surface area contributed by atoms with Crippen molar-refractivity contribution in [2.45, 2.75) is 10.1 Å². The summed E-state index contributed by atoms with van der Waals surface area (Å²) in [6.07, 6.45) is 0. The molecule has 4 nitrogen and oxygen atoms in total. The summed E-state index contributed by atoms with van der Waals surface area (Å²) in [5.41, 5.74) is 3.22. The van der Waals surface area contributed by atoms with Crippen LogP contribution in [0, 0.1) is 5.82 Å². The van der Waals surface area contributed by atoms with Crippen LogP contribution in [0.4, 0.5) is 4.39 Å². The average molecular weight is 293 g/mol. The van der Waals surface area contributed by atoms with Crippen molar-refractivity contribution >= 4 is 23.1 Å². The summed E-state index contributed by atoms with van der Waals surface area (Å²) < 4.78 is 19.0. The summed E-state index contributed by atoms with van der Waals surface area (Å²) in [7, 11) is 0. The second kappa shape index (κ2) is 5.50. The third kappa shape index (κ3) is 2.99. The number of halogens is 1. The quantitative estimate of drug-likeness (QED) is 0.688. The van der Waals surface area contributed by atoms with Gasteiger partial charge in [-0.3, -0.25) is 0 Å². The molecular formula is C12H8FN3OS2. The van der Waals surface area contributed by atoms with E-state index >= 15 is 0 Å². The van der Waals surface area contributed by atoms with E-state index in [1.807, 2.05) is 6.07 Å². The van der Waals surface area contributed by atoms with Gasteiger partial charge < -0.3 is 4.52 Å². The molecule has 2 heterocycles. The monoisotopic (exact) mass is 293 g/mol. The lowest BCUT2D eigenvalue weighted by molar-refractivity contribution is 0.397. The molecule has 0 saturated carbocycles. The fourth-order valence-electron chi connectivity index (χ4n) is 1.50. The number of hydrogen-bond acceptors (Lipinski definition) is 6. The predicted octanol–water partition coefficient (Wildman–Crippen LogP) is 3.62. The zero-order valence-electron chi connectivity index (χ0n) is 9.62. The highest BCUT2D eigenvalue weighted by molar-refractivity contribution is 8.00. The zero-order chi connectivity index (χ0) is 13.1. The van der Waals surface area contributed by atoms with Crippen molar-refractivity contribution in [3.8, 4) is 11.3 Å². The summed E-state index contributed by atoms with van der Waals surface area (Å²) >= 11 is 3.03. The summed E-state index contributed by atoms with van der Waals surface area (Å²) in [4.78, 5) is 0. The van der Waals surface area contributed by atoms with Crippen molar-refractivity contribution in [2.75, 3.05) is 0 Å². The van der Waals surface area contributed by atoms with E-state index in [0.717, 1.165) is 15.7 Å². The molecular weight excluding hydrogens is 285 g/mol. The number of nitrogens with zero attached hydrogens (tertiary/aromatic N) is 3. The molecule has 0 aliphatic carbocycles. The number of hydrogen-bond donors (Lipinski definition) is 0. The Morgan fingerprint density at radius 1 is 1.26 bits per heavy atom. The maximum atomic E-state index is 12.8. The van der Waals surface area contributed by atoms with Gasteiger partial charge in [0.1, 0.15) is 22.8 Å². The molecule has 3 rings (SSSR count). The number of benzene rings is 1. The van der Waals surface area contributed by atoms with E-state index in [4.69, 9.17) is 4.52 Å². The molecule has 0 unspecified atom stereocenters. The SMILES string of the molecule is Fc1ccc(-c2cc(CSc3nncs3)on2)cc1. The average Bonchev–Trinajstić information content (AvgIpc) is 3.09. The third-order valence-electron chi connectivity index (χ3n) is 2.38. The van der Waals surface area contributed by atoms with Crippen molar-refractivity contribution in [1.82, 2.24) is 15.4 Å². The molecule has 0 aliphatic heterocycles. The first-order valence-electron chi connectivity index (χ1n) is 5.42. The van der Waals surface area contributed by atoms with Crippen molar-refractivity contribution in [1.29, 1.82) is 0 Å². The van der Waals surface area contributed by atoms with Gasteiger partial charge in [-0.05, 0) is 24.3 Å². The molecule has 1 aromatic carbocycles. The highest BCUT2D eigenvalue weighted by Crippen LogP contribution is 2.26. The lowest BCUT2D eigenvalue weighted by atomic mass is 10.1. The van der Waals surface area contributed by atoms with Crippen molar-refractivity contribution in [3.63, 3.8) is 0 Å². The first-order chi connectivity index (χ1) is 9.31. The van der Waals surface area contributed by atoms with Gasteiger partial charge in [0.25, 0.3) is 0 Å². The largest absolute Gasteiger partial charge is 0.360 e. The Hall–Kier alpha value is -1.73. The fraction of sp³-hybridized carbons (Fsp3) is 0.0833. The second-order valence-corrected chi connectivity index (χ2v) is 5.73. The van der Waals surface area contributed by atoms with Crippen molar-refractivity contribution in [2.24, 2.45) is 0 Å². The van der Waals surface area contributed by atoms with Crippen LogP contribution in [-0.4, -0.2) is 15.4 Å². The molecule has 0 amide bonds. The number of thioether (sulfide) groups is 1. The highest BCUT2D eigenvalue weighted by Gasteiger charge is 2.08. The van der Waals surface area contributed by atoms with Gasteiger partial charge in [0.2, 0.25) is 0 Å². The van der Waals surface area contributed by atoms with E-state index in [1.54, 1.807) is 29.4 Å². The van der Waals surface area contributed by atoms with Crippen LogP contribution < -0.4 is 0 Å². The molecule has 0 N–H and O–H groups in total. The van der Waals surface area contributed by atoms with Gasteiger partial charge in [-0.2, -0.15) is 0 Å². The van der Waals surface area contributed by atoms with Gasteiger partial charge in [0, 0.05) is 11.6 Å². The van der Waals surface area contributed by atoms with Gasteiger partial charge in [-0.25, -0.2) is 4.39 Å². The Balaban J connectivity index is 1.70. The molecule has 0 spiro atoms. The van der Waals surface area contributed by atoms with E-state index in [1.165, 1.54) is 23.5 Å². The maximum Gasteiger partial charge on any atom is 0.174 e. The van der Waals surface area contributed by atoms with Gasteiger partial charge in [0.15, 0.2) is 4.34 Å². The standard InChI is InChI=1S/C12H8FN3OS2/c13-9-3-1-8(2-4-9)11-5-10(17-16-11)6-18-12-15-14-7-19-12/h1-5,7H,6H2. The third-order valence-corrected chi connectivity index (χ3v) is 4.26. The molecule has 0 fully saturated rings. The van der Waals surface area contributed by atoms with Crippen LogP contribution in [0.5, 0.6) is 0 Å². The van der Waals surface area contributed by atoms with Crippen molar-refractivity contribution in [3.05, 3.63) is 47.4 Å². The lowest BCUT2D eigenvalue weighted by Crippen LogP contribution is -1.78. The minimum Gasteiger partial charge on any atom is -0.360 e. The Morgan fingerprint density at radius 3 is 2.84 bits per heavy atom. The van der Waals surface area contributed by atoms with Gasteiger partial charge in [0.05, 0.1) is 5.75 Å². The van der Waals surface area contributed by atoms with Crippen LogP contribution in [-0.2, 0) is 5.75 Å². The minimum absolute atomic E-state index is 0.265. The van der Waals surface area contributed by atoms with E-state index in [9.17, 15) is 4.39 Å². The van der Waals surface area contributed by atoms with E-state index in [0.29, 0.717) is 11.4 Å². The van der Waals surface area contributed by atoms with Crippen LogP contribution >= 0.6 is 23.1 Å². The van der Waals surface area contributed by atoms with E-state index in [2.05, 4.69) is 15.4 Å². The summed E-state index contributed by atoms with van der Waals surface area (Å²) in [6, 6.07) is 8.00. The van der Waals surface area contributed by atoms with Gasteiger partial charge in [-0.1, -0.05) is 28.3 Å². The Morgan fingerprint density at radius 2 is 2.11 bits per heavy atom. The Labute approximate surface area is 116 Å². The summed E-state index contributed by atoms with van der Waals surface area (Å²) in [5.74, 6) is 1.13. The molecule has 19 heavy (non-hydrogen) atoms. The van der Waals surface area contributed by atoms with Crippen LogP contribution in [0.25, 0.3) is 11.3 Å². The van der Waals surface area contributed by atoms with Gasteiger partial charge in [-0.15, -0.1) is 10.2 Å². The van der Waals surface area contributed by atoms with Crippen LogP contribution in [0.3, 0.4) is 0 Å². The molecule has 0 radical (unpaired) electrons. The number of rotatable bonds is 4. The van der Waals surface area contributed by atoms with Crippen molar-refractivity contribution < 1.29 is 8.91 Å². The normalized spacial score (nSPS) is 10.8. The fourth-order valence-corrected chi connectivity index (χ4v) is 2.86. The van der Waals surface area contributed by atoms with E-state index < -0.39 is 0 Å². The lowest BCUT2D eigenvalue weighted by Gasteiger charge is -1.93. The van der Waals surface area contributed by atoms with E-state index in [-0.39, 0.29) is 5.82 Å². The molecule has 3 aromatic rings. The Kier molecular flexibility index (Phi) is 3.56. The maximum absolute atomic E-state index is 12.8. The van der Waals surface area contributed by atoms with Crippen LogP contribution in [0.1, 0.15) is 5.76 Å². The summed E-state index contributed by atoms with van der Waals surface area (Å²) in [5, 5.41) is 11.7. The molecule has 0 bridgehead atoms. The van der Waals surface area contributed by atoms with Crippen LogP contribution in [0.2, 0.25) is 0 Å². The summed E-state index contributed by atoms with van der Waals surface area (Å²) in [6.45, 7) is 0. The van der Waals surface area contributed by atoms with Gasteiger partial charge >= 0.3 is 0 Å². The minimum atomic E-state index is -0.265. The topological polar surface area (TPSA) is 51.8 Å². The number of aromatic nitrogens is 3. The molecule has 7 heteroatoms. The molecule has 0 aliphatic rings. The smallest absolute Gasteiger partial charge is 0.174 e. The second-order valence-electron chi connectivity index (χ2n) is 3.68. The molecule has 0 atom stereocenters. The predicted molar refractivity (Wildman–Crippen MR) is 71.4 cm³/mol. The highest BCUT2D eigenvalue weighted by atomic mass is 32.2. The molecule has 0 saturated heterocycles.